The number of carbonyl (C=O) groups is 1. The van der Waals surface area contributed by atoms with Crippen LogP contribution in [0.15, 0.2) is 53.0 Å². The van der Waals surface area contributed by atoms with Gasteiger partial charge < -0.3 is 19.8 Å². The van der Waals surface area contributed by atoms with Gasteiger partial charge in [-0.1, -0.05) is 11.8 Å². The Kier molecular flexibility index (Phi) is 6.20. The molecular weight excluding hydrogens is 420 g/mol. The van der Waals surface area contributed by atoms with Crippen molar-refractivity contribution in [1.82, 2.24) is 15.0 Å². The highest BCUT2D eigenvalue weighted by atomic mass is 32.2. The highest BCUT2D eigenvalue weighted by Gasteiger charge is 2.11. The Morgan fingerprint density at radius 2 is 1.97 bits per heavy atom. The number of thiazole rings is 1. The van der Waals surface area contributed by atoms with Crippen molar-refractivity contribution in [3.05, 3.63) is 47.8 Å². The zero-order valence-electron chi connectivity index (χ0n) is 16.5. The summed E-state index contributed by atoms with van der Waals surface area (Å²) in [6.07, 6.45) is 0. The molecule has 0 bridgehead atoms. The summed E-state index contributed by atoms with van der Waals surface area (Å²) >= 11 is 2.74. The van der Waals surface area contributed by atoms with E-state index in [-0.39, 0.29) is 11.7 Å². The van der Waals surface area contributed by atoms with Gasteiger partial charge in [-0.3, -0.25) is 4.79 Å². The summed E-state index contributed by atoms with van der Waals surface area (Å²) < 4.78 is 10.7. The van der Waals surface area contributed by atoms with Gasteiger partial charge in [0.25, 0.3) is 0 Å². The van der Waals surface area contributed by atoms with E-state index in [1.807, 2.05) is 54.8 Å². The number of hydrogen-bond acceptors (Lipinski definition) is 7. The second-order valence-electron chi connectivity index (χ2n) is 6.26. The highest BCUT2D eigenvalue weighted by molar-refractivity contribution is 7.99. The number of thioether (sulfide) groups is 1. The highest BCUT2D eigenvalue weighted by Crippen LogP contribution is 2.27. The molecule has 2 aromatic carbocycles. The van der Waals surface area contributed by atoms with E-state index in [2.05, 4.69) is 20.3 Å². The van der Waals surface area contributed by atoms with Crippen molar-refractivity contribution >= 4 is 45.2 Å². The third-order valence-electron chi connectivity index (χ3n) is 4.22. The number of nitrogens with one attached hydrogen (secondary N) is 2. The van der Waals surface area contributed by atoms with Crippen molar-refractivity contribution in [3.63, 3.8) is 0 Å². The number of aromatic nitrogens is 3. The average Bonchev–Trinajstić information content (AvgIpc) is 3.39. The lowest BCUT2D eigenvalue weighted by Crippen LogP contribution is -2.13. The van der Waals surface area contributed by atoms with Crippen molar-refractivity contribution in [3.8, 4) is 22.8 Å². The minimum absolute atomic E-state index is 0.133. The Hall–Kier alpha value is -3.04. The topological polar surface area (TPSA) is 89.1 Å². The van der Waals surface area contributed by atoms with Crippen LogP contribution in [0.3, 0.4) is 0 Å². The number of imidazole rings is 1. The number of benzene rings is 2. The van der Waals surface area contributed by atoms with E-state index in [4.69, 9.17) is 9.47 Å². The van der Waals surface area contributed by atoms with Gasteiger partial charge in [-0.05, 0) is 43.3 Å². The van der Waals surface area contributed by atoms with E-state index >= 15 is 0 Å². The summed E-state index contributed by atoms with van der Waals surface area (Å²) in [6, 6.07) is 13.3. The summed E-state index contributed by atoms with van der Waals surface area (Å²) in [4.78, 5) is 24.5. The molecule has 0 aliphatic heterocycles. The van der Waals surface area contributed by atoms with E-state index in [1.165, 1.54) is 23.1 Å². The van der Waals surface area contributed by atoms with Crippen LogP contribution in [0.25, 0.3) is 22.3 Å². The summed E-state index contributed by atoms with van der Waals surface area (Å²) in [7, 11) is 1.63. The van der Waals surface area contributed by atoms with Gasteiger partial charge in [-0.15, -0.1) is 11.3 Å². The number of methoxy groups -OCH3 is 1. The van der Waals surface area contributed by atoms with Crippen LogP contribution < -0.4 is 14.8 Å². The van der Waals surface area contributed by atoms with Crippen LogP contribution >= 0.6 is 23.1 Å². The summed E-state index contributed by atoms with van der Waals surface area (Å²) in [6.45, 7) is 2.55. The van der Waals surface area contributed by atoms with Gasteiger partial charge in [0.1, 0.15) is 11.5 Å². The number of fused-ring (bicyclic) bond motifs is 1. The van der Waals surface area contributed by atoms with Gasteiger partial charge in [0.05, 0.1) is 36.2 Å². The maximum atomic E-state index is 12.3. The van der Waals surface area contributed by atoms with Crippen LogP contribution in [0.4, 0.5) is 5.13 Å². The lowest BCUT2D eigenvalue weighted by Gasteiger charge is -2.01. The second kappa shape index (κ2) is 9.19. The fourth-order valence-corrected chi connectivity index (χ4v) is 4.23. The molecule has 30 heavy (non-hydrogen) atoms. The van der Waals surface area contributed by atoms with E-state index in [9.17, 15) is 4.79 Å². The van der Waals surface area contributed by atoms with E-state index in [0.29, 0.717) is 16.9 Å². The van der Waals surface area contributed by atoms with Crippen molar-refractivity contribution in [2.75, 3.05) is 24.8 Å². The third kappa shape index (κ3) is 4.74. The minimum Gasteiger partial charge on any atom is -0.497 e. The Bertz CT molecular complexity index is 1150. The van der Waals surface area contributed by atoms with Gasteiger partial charge in [0, 0.05) is 17.0 Å². The first kappa shape index (κ1) is 20.2. The summed E-state index contributed by atoms with van der Waals surface area (Å²) in [5.41, 5.74) is 3.50. The first-order valence-corrected chi connectivity index (χ1v) is 11.2. The molecule has 9 heteroatoms. The van der Waals surface area contributed by atoms with Gasteiger partial charge in [-0.2, -0.15) is 0 Å². The lowest BCUT2D eigenvalue weighted by molar-refractivity contribution is -0.113. The van der Waals surface area contributed by atoms with Crippen LogP contribution in [0.5, 0.6) is 11.5 Å². The van der Waals surface area contributed by atoms with Crippen molar-refractivity contribution < 1.29 is 14.3 Å². The zero-order valence-corrected chi connectivity index (χ0v) is 18.1. The molecule has 0 aliphatic carbocycles. The van der Waals surface area contributed by atoms with Crippen molar-refractivity contribution in [2.24, 2.45) is 0 Å². The van der Waals surface area contributed by atoms with Crippen LogP contribution in [0.2, 0.25) is 0 Å². The minimum atomic E-state index is -0.133. The number of nitrogens with zero attached hydrogens (tertiary/aromatic N) is 2. The van der Waals surface area contributed by atoms with Gasteiger partial charge in [0.15, 0.2) is 10.3 Å². The zero-order chi connectivity index (χ0) is 20.9. The SMILES string of the molecule is CCOc1ccc2nc(SCC(=O)Nc3nc(-c4ccc(OC)cc4)cs3)[nH]c2c1. The quantitative estimate of drug-likeness (QED) is 0.382. The molecule has 0 spiro atoms. The molecule has 0 fully saturated rings. The van der Waals surface area contributed by atoms with Crippen LogP contribution in [-0.4, -0.2) is 40.3 Å². The standard InChI is InChI=1S/C21H20N4O3S2/c1-3-28-15-8-9-16-17(10-15)23-20(22-16)30-12-19(26)25-21-24-18(11-29-21)13-4-6-14(27-2)7-5-13/h4-11H,3,12H2,1-2H3,(H,22,23)(H,24,25,26). The fourth-order valence-electron chi connectivity index (χ4n) is 2.80. The number of hydrogen-bond donors (Lipinski definition) is 2. The number of aromatic amines is 1. The maximum absolute atomic E-state index is 12.3. The normalized spacial score (nSPS) is 10.9. The number of amides is 1. The molecule has 2 N–H and O–H groups in total. The molecule has 2 heterocycles. The molecule has 0 unspecified atom stereocenters. The molecular formula is C21H20N4O3S2. The van der Waals surface area contributed by atoms with Gasteiger partial charge in [-0.25, -0.2) is 9.97 Å². The van der Waals surface area contributed by atoms with Crippen LogP contribution in [-0.2, 0) is 4.79 Å². The average molecular weight is 441 g/mol. The molecule has 0 aliphatic rings. The van der Waals surface area contributed by atoms with E-state index < -0.39 is 0 Å². The Balaban J connectivity index is 1.34. The third-order valence-corrected chi connectivity index (χ3v) is 5.85. The molecule has 0 radical (unpaired) electrons. The lowest BCUT2D eigenvalue weighted by atomic mass is 10.2. The molecule has 7 nitrogen and oxygen atoms in total. The van der Waals surface area contributed by atoms with Crippen molar-refractivity contribution in [2.45, 2.75) is 12.1 Å². The monoisotopic (exact) mass is 440 g/mol. The number of rotatable bonds is 8. The predicted molar refractivity (Wildman–Crippen MR) is 121 cm³/mol. The van der Waals surface area contributed by atoms with Crippen LogP contribution in [0.1, 0.15) is 6.92 Å². The van der Waals surface area contributed by atoms with Gasteiger partial charge in [0.2, 0.25) is 5.91 Å². The Labute approximate surface area is 181 Å². The molecule has 154 valence electrons. The molecule has 0 atom stereocenters. The molecule has 1 amide bonds. The number of anilines is 1. The Morgan fingerprint density at radius 1 is 1.17 bits per heavy atom. The van der Waals surface area contributed by atoms with E-state index in [1.54, 1.807) is 7.11 Å². The fraction of sp³-hybridized carbons (Fsp3) is 0.190. The molecule has 0 saturated heterocycles. The summed E-state index contributed by atoms with van der Waals surface area (Å²) in [5.74, 6) is 1.68. The number of ether oxygens (including phenoxy) is 2. The maximum Gasteiger partial charge on any atom is 0.236 e. The first-order valence-electron chi connectivity index (χ1n) is 9.30. The Morgan fingerprint density at radius 3 is 2.73 bits per heavy atom. The molecule has 2 aromatic heterocycles. The van der Waals surface area contributed by atoms with Crippen molar-refractivity contribution in [1.29, 1.82) is 0 Å². The molecule has 4 rings (SSSR count). The van der Waals surface area contributed by atoms with Crippen LogP contribution in [0, 0.1) is 0 Å². The largest absolute Gasteiger partial charge is 0.497 e. The summed E-state index contributed by atoms with van der Waals surface area (Å²) in [5, 5.41) is 6.02. The molecule has 4 aromatic rings. The van der Waals surface area contributed by atoms with E-state index in [0.717, 1.165) is 33.8 Å². The predicted octanol–water partition coefficient (Wildman–Crippen LogP) is 4.82. The smallest absolute Gasteiger partial charge is 0.236 e. The number of carbonyl (C=O) groups excluding carboxylic acids is 1. The van der Waals surface area contributed by atoms with Gasteiger partial charge >= 0.3 is 0 Å². The first-order chi connectivity index (χ1) is 14.6. The molecule has 0 saturated carbocycles. The number of H-pyrrole nitrogens is 1. The second-order valence-corrected chi connectivity index (χ2v) is 8.08.